The molecule has 0 radical (unpaired) electrons. The summed E-state index contributed by atoms with van der Waals surface area (Å²) in [7, 11) is 0. The average molecular weight is 325 g/mol. The summed E-state index contributed by atoms with van der Waals surface area (Å²) in [6.07, 6.45) is 1.53. The van der Waals surface area contributed by atoms with Crippen molar-refractivity contribution >= 4 is 23.4 Å². The molecule has 120 valence electrons. The molecule has 6 heteroatoms. The van der Waals surface area contributed by atoms with Gasteiger partial charge in [0.2, 0.25) is 5.91 Å². The fourth-order valence-electron chi connectivity index (χ4n) is 2.87. The summed E-state index contributed by atoms with van der Waals surface area (Å²) >= 11 is 5.97. The van der Waals surface area contributed by atoms with Gasteiger partial charge in [0.25, 0.3) is 5.91 Å². The highest BCUT2D eigenvalue weighted by molar-refractivity contribution is 6.30. The molecule has 1 saturated heterocycles. The topological polar surface area (TPSA) is 76.6 Å². The average Bonchev–Trinajstić information content (AvgIpc) is 2.47. The van der Waals surface area contributed by atoms with E-state index in [1.54, 1.807) is 0 Å². The second kappa shape index (κ2) is 7.61. The number of hydrogen-bond acceptors (Lipinski definition) is 2. The Hall–Kier alpha value is -1.59. The normalized spacial score (nSPS) is 22.8. The zero-order chi connectivity index (χ0) is 16.1. The Morgan fingerprint density at radius 1 is 1.41 bits per heavy atom. The molecule has 0 aromatic heterocycles. The number of nitrogens with one attached hydrogen (secondary N) is 2. The minimum absolute atomic E-state index is 0.0139. The zero-order valence-electron chi connectivity index (χ0n) is 12.8. The first-order valence-corrected chi connectivity index (χ1v) is 8.01. The summed E-state index contributed by atoms with van der Waals surface area (Å²) < 4.78 is 0. The lowest BCUT2D eigenvalue weighted by Gasteiger charge is -2.27. The van der Waals surface area contributed by atoms with Crippen molar-refractivity contribution in [1.29, 1.82) is 0 Å². The molecule has 1 aromatic rings. The van der Waals surface area contributed by atoms with E-state index in [2.05, 4.69) is 5.32 Å². The van der Waals surface area contributed by atoms with Gasteiger partial charge < -0.3 is 16.0 Å². The third-order valence-electron chi connectivity index (χ3n) is 4.23. The van der Waals surface area contributed by atoms with Crippen molar-refractivity contribution in [2.45, 2.75) is 25.8 Å². The largest absolute Gasteiger partial charge is 0.369 e. The van der Waals surface area contributed by atoms with Crippen LogP contribution in [0, 0.1) is 5.92 Å². The number of carbonyl (C=O) groups excluding carboxylic acids is 2. The number of amides is 2. The van der Waals surface area contributed by atoms with Gasteiger partial charge in [-0.05, 0) is 24.6 Å². The number of nitrogens with two attached hydrogens (primary N) is 1. The molecule has 2 amide bonds. The number of rotatable bonds is 5. The summed E-state index contributed by atoms with van der Waals surface area (Å²) in [6, 6.07) is 7.42. The highest BCUT2D eigenvalue weighted by Crippen LogP contribution is 2.17. The van der Waals surface area contributed by atoms with Gasteiger partial charge in [0.1, 0.15) is 0 Å². The highest BCUT2D eigenvalue weighted by Gasteiger charge is 2.27. The van der Waals surface area contributed by atoms with Crippen LogP contribution in [-0.2, 0) is 9.59 Å². The number of piperidine rings is 1. The molecular weight excluding hydrogens is 302 g/mol. The van der Waals surface area contributed by atoms with E-state index < -0.39 is 0 Å². The number of quaternary nitrogens is 1. The van der Waals surface area contributed by atoms with E-state index in [0.717, 1.165) is 31.5 Å². The predicted octanol–water partition coefficient (Wildman–Crippen LogP) is 0.297. The van der Waals surface area contributed by atoms with E-state index in [1.807, 2.05) is 31.2 Å². The molecule has 22 heavy (non-hydrogen) atoms. The second-order valence-corrected chi connectivity index (χ2v) is 6.38. The molecule has 0 unspecified atom stereocenters. The van der Waals surface area contributed by atoms with Crippen molar-refractivity contribution < 1.29 is 14.5 Å². The third-order valence-corrected chi connectivity index (χ3v) is 4.47. The monoisotopic (exact) mass is 324 g/mol. The Bertz CT molecular complexity index is 542. The van der Waals surface area contributed by atoms with Crippen molar-refractivity contribution in [1.82, 2.24) is 5.32 Å². The lowest BCUT2D eigenvalue weighted by atomic mass is 9.96. The van der Waals surface area contributed by atoms with Gasteiger partial charge in [0.05, 0.1) is 19.1 Å². The molecule has 0 aliphatic carbocycles. The smallest absolute Gasteiger partial charge is 0.275 e. The van der Waals surface area contributed by atoms with Crippen LogP contribution in [-0.4, -0.2) is 31.4 Å². The molecule has 1 aliphatic rings. The quantitative estimate of drug-likeness (QED) is 0.728. The fourth-order valence-corrected chi connectivity index (χ4v) is 3.06. The maximum absolute atomic E-state index is 12.1. The molecule has 0 bridgehead atoms. The molecule has 1 fully saturated rings. The molecule has 1 aromatic carbocycles. The molecule has 2 rings (SSSR count). The molecule has 1 atom stereocenters. The van der Waals surface area contributed by atoms with Crippen LogP contribution in [0.25, 0.3) is 0 Å². The Labute approximate surface area is 135 Å². The van der Waals surface area contributed by atoms with E-state index in [9.17, 15) is 9.59 Å². The molecule has 0 spiro atoms. The van der Waals surface area contributed by atoms with E-state index in [-0.39, 0.29) is 23.8 Å². The molecular formula is C16H23ClN3O2+. The van der Waals surface area contributed by atoms with Crippen LogP contribution < -0.4 is 16.0 Å². The van der Waals surface area contributed by atoms with Crippen LogP contribution in [0.5, 0.6) is 0 Å². The molecule has 4 N–H and O–H groups in total. The van der Waals surface area contributed by atoms with Crippen LogP contribution in [0.3, 0.4) is 0 Å². The van der Waals surface area contributed by atoms with E-state index in [0.29, 0.717) is 11.6 Å². The van der Waals surface area contributed by atoms with Crippen LogP contribution in [0.1, 0.15) is 31.4 Å². The number of benzene rings is 1. The number of hydrogen-bond donors (Lipinski definition) is 3. The maximum Gasteiger partial charge on any atom is 0.275 e. The van der Waals surface area contributed by atoms with Gasteiger partial charge in [-0.15, -0.1) is 0 Å². The van der Waals surface area contributed by atoms with E-state index >= 15 is 0 Å². The summed E-state index contributed by atoms with van der Waals surface area (Å²) in [5.41, 5.74) is 6.31. The maximum atomic E-state index is 12.1. The first kappa shape index (κ1) is 16.8. The standard InChI is InChI=1S/C16H22ClN3O2/c1-11(13-3-2-4-14(17)9-13)19-15(21)10-20-7-5-12(6-8-20)16(18)22/h2-4,9,11-12H,5-8,10H2,1H3,(H2,18,22)(H,19,21)/p+1/t11-/m1/s1. The minimum Gasteiger partial charge on any atom is -0.369 e. The van der Waals surface area contributed by atoms with Crippen LogP contribution in [0.15, 0.2) is 24.3 Å². The van der Waals surface area contributed by atoms with Gasteiger partial charge in [-0.3, -0.25) is 9.59 Å². The number of halogens is 1. The zero-order valence-corrected chi connectivity index (χ0v) is 13.5. The number of likely N-dealkylation sites (tertiary alicyclic amines) is 1. The fraction of sp³-hybridized carbons (Fsp3) is 0.500. The summed E-state index contributed by atoms with van der Waals surface area (Å²) in [5.74, 6) is -0.240. The lowest BCUT2D eigenvalue weighted by Crippen LogP contribution is -3.14. The van der Waals surface area contributed by atoms with Crippen LogP contribution >= 0.6 is 11.6 Å². The van der Waals surface area contributed by atoms with Crippen molar-refractivity contribution in [2.24, 2.45) is 11.7 Å². The van der Waals surface area contributed by atoms with Crippen LogP contribution in [0.4, 0.5) is 0 Å². The van der Waals surface area contributed by atoms with Gasteiger partial charge in [0, 0.05) is 23.8 Å². The first-order chi connectivity index (χ1) is 10.5. The van der Waals surface area contributed by atoms with Crippen molar-refractivity contribution in [3.63, 3.8) is 0 Å². The first-order valence-electron chi connectivity index (χ1n) is 7.63. The summed E-state index contributed by atoms with van der Waals surface area (Å²) in [5, 5.41) is 3.66. The molecule has 0 saturated carbocycles. The summed E-state index contributed by atoms with van der Waals surface area (Å²) in [4.78, 5) is 24.5. The lowest BCUT2D eigenvalue weighted by molar-refractivity contribution is -0.897. The Morgan fingerprint density at radius 3 is 2.68 bits per heavy atom. The van der Waals surface area contributed by atoms with E-state index in [4.69, 9.17) is 17.3 Å². The Balaban J connectivity index is 1.80. The number of primary amides is 1. The summed E-state index contributed by atoms with van der Waals surface area (Å²) in [6.45, 7) is 3.99. The number of carbonyl (C=O) groups is 2. The van der Waals surface area contributed by atoms with Gasteiger partial charge in [-0.2, -0.15) is 0 Å². The van der Waals surface area contributed by atoms with Gasteiger partial charge in [0.15, 0.2) is 6.54 Å². The molecule has 1 aliphatic heterocycles. The molecule has 5 nitrogen and oxygen atoms in total. The van der Waals surface area contributed by atoms with Gasteiger partial charge in [-0.1, -0.05) is 23.7 Å². The van der Waals surface area contributed by atoms with Crippen molar-refractivity contribution in [2.75, 3.05) is 19.6 Å². The van der Waals surface area contributed by atoms with Crippen molar-refractivity contribution in [3.05, 3.63) is 34.9 Å². The SMILES string of the molecule is C[C@@H](NC(=O)C[NH+]1CCC(C(N)=O)CC1)c1cccc(Cl)c1. The van der Waals surface area contributed by atoms with Gasteiger partial charge >= 0.3 is 0 Å². The highest BCUT2D eigenvalue weighted by atomic mass is 35.5. The minimum atomic E-state index is -0.224. The van der Waals surface area contributed by atoms with E-state index in [1.165, 1.54) is 4.90 Å². The van der Waals surface area contributed by atoms with Crippen molar-refractivity contribution in [3.8, 4) is 0 Å². The van der Waals surface area contributed by atoms with Crippen LogP contribution in [0.2, 0.25) is 5.02 Å². The molecule has 1 heterocycles. The second-order valence-electron chi connectivity index (χ2n) is 5.95. The Morgan fingerprint density at radius 2 is 2.09 bits per heavy atom. The predicted molar refractivity (Wildman–Crippen MR) is 85.5 cm³/mol. The Kier molecular flexibility index (Phi) is 5.80. The third kappa shape index (κ3) is 4.71. The van der Waals surface area contributed by atoms with Gasteiger partial charge in [-0.25, -0.2) is 0 Å².